The molecular weight excluding hydrogens is 568 g/mol. The first-order chi connectivity index (χ1) is 21.0. The zero-order chi connectivity index (χ0) is 31.3. The number of anilines is 1. The lowest BCUT2D eigenvalue weighted by molar-refractivity contribution is -0.123. The fraction of sp³-hybridized carbons (Fsp3) is 0.394. The topological polar surface area (TPSA) is 142 Å². The number of hydrogen-bond acceptors (Lipinski definition) is 7. The molecule has 44 heavy (non-hydrogen) atoms. The molecule has 5 N–H and O–H groups in total. The third-order valence-corrected chi connectivity index (χ3v) is 8.82. The summed E-state index contributed by atoms with van der Waals surface area (Å²) in [6.45, 7) is 3.40. The Labute approximate surface area is 254 Å². The van der Waals surface area contributed by atoms with Gasteiger partial charge in [-0.2, -0.15) is 0 Å². The number of aryl methyl sites for hydroxylation is 1. The molecule has 11 heteroatoms. The Morgan fingerprint density at radius 2 is 1.93 bits per heavy atom. The van der Waals surface area contributed by atoms with Crippen LogP contribution in [0.15, 0.2) is 35.3 Å². The highest BCUT2D eigenvalue weighted by molar-refractivity contribution is 5.99. The molecule has 0 saturated heterocycles. The van der Waals surface area contributed by atoms with E-state index in [1.807, 2.05) is 0 Å². The Bertz CT molecular complexity index is 1700. The lowest BCUT2D eigenvalue weighted by Crippen LogP contribution is -2.40. The number of carbonyl (C=O) groups excluding carboxylic acids is 2. The molecule has 0 spiro atoms. The Kier molecular flexibility index (Phi) is 7.51. The number of nitrogens with two attached hydrogens (primary N) is 2. The molecule has 9 nitrogen and oxygen atoms in total. The standard InChI is InChI=1S/C33H35F2N5O4/c1-16-8-21(25(35)12-24(16)34)29-30-23(33(2,15-44-30)32(37)42)11-26(40-29)22(17-4-5-17)14-39-31(41)18-9-19(13-38-20-6-7-20)28(36)27(10-18)43-3/h8-13,17,20,22H,4-7,14-15,36H2,1-3H3,(H2,37,42)(H,39,41)/t22-,33-/m0/s1. The largest absolute Gasteiger partial charge is 0.495 e. The number of rotatable bonds is 10. The second kappa shape index (κ2) is 11.2. The van der Waals surface area contributed by atoms with Gasteiger partial charge in [0.25, 0.3) is 5.91 Å². The minimum atomic E-state index is -1.18. The van der Waals surface area contributed by atoms with E-state index in [9.17, 15) is 14.0 Å². The van der Waals surface area contributed by atoms with Crippen LogP contribution in [0.4, 0.5) is 14.5 Å². The van der Waals surface area contributed by atoms with E-state index in [1.54, 1.807) is 31.3 Å². The van der Waals surface area contributed by atoms with Gasteiger partial charge in [-0.05, 0) is 75.3 Å². The number of amides is 2. The van der Waals surface area contributed by atoms with Crippen LogP contribution in [0, 0.1) is 24.5 Å². The number of nitrogen functional groups attached to an aromatic ring is 1. The van der Waals surface area contributed by atoms with Gasteiger partial charge >= 0.3 is 0 Å². The van der Waals surface area contributed by atoms with Gasteiger partial charge in [-0.1, -0.05) is 0 Å². The highest BCUT2D eigenvalue weighted by atomic mass is 19.1. The SMILES string of the molecule is COc1cc(C(=O)NC[C@H](c2cc3c(c(-c4cc(C)c(F)cc4F)n2)OC[C@]3(C)C(N)=O)C2CC2)cc(C=NC2CC2)c1N. The first kappa shape index (κ1) is 29.5. The molecule has 3 aliphatic rings. The molecule has 2 aromatic carbocycles. The molecule has 2 heterocycles. The average molecular weight is 604 g/mol. The van der Waals surface area contributed by atoms with Gasteiger partial charge < -0.3 is 26.3 Å². The fourth-order valence-corrected chi connectivity index (χ4v) is 5.60. The Hall–Kier alpha value is -4.54. The summed E-state index contributed by atoms with van der Waals surface area (Å²) in [5, 5.41) is 3.03. The average Bonchev–Trinajstić information content (AvgIpc) is 3.93. The molecule has 0 bridgehead atoms. The first-order valence-electron chi connectivity index (χ1n) is 14.7. The van der Waals surface area contributed by atoms with Gasteiger partial charge in [0.05, 0.1) is 18.8 Å². The number of ether oxygens (including phenoxy) is 2. The third kappa shape index (κ3) is 5.46. The number of fused-ring (bicyclic) bond motifs is 1. The minimum absolute atomic E-state index is 0.0339. The highest BCUT2D eigenvalue weighted by Crippen LogP contribution is 2.48. The molecule has 2 fully saturated rings. The van der Waals surface area contributed by atoms with Crippen LogP contribution in [-0.4, -0.2) is 49.3 Å². The summed E-state index contributed by atoms with van der Waals surface area (Å²) in [5.41, 5.74) is 13.8. The van der Waals surface area contributed by atoms with Crippen molar-refractivity contribution in [2.24, 2.45) is 16.6 Å². The maximum Gasteiger partial charge on any atom is 0.251 e. The number of pyridine rings is 1. The molecular formula is C33H35F2N5O4. The van der Waals surface area contributed by atoms with Gasteiger partial charge in [0.1, 0.15) is 40.8 Å². The maximum atomic E-state index is 15.2. The first-order valence-corrected chi connectivity index (χ1v) is 14.7. The normalized spacial score (nSPS) is 19.8. The number of carbonyl (C=O) groups is 2. The molecule has 2 atom stereocenters. The summed E-state index contributed by atoms with van der Waals surface area (Å²) >= 11 is 0. The van der Waals surface area contributed by atoms with Gasteiger partial charge in [-0.3, -0.25) is 14.6 Å². The number of primary amides is 1. The van der Waals surface area contributed by atoms with Gasteiger partial charge in [-0.15, -0.1) is 0 Å². The minimum Gasteiger partial charge on any atom is -0.495 e. The van der Waals surface area contributed by atoms with Crippen molar-refractivity contribution in [2.75, 3.05) is 26.0 Å². The van der Waals surface area contributed by atoms with Crippen molar-refractivity contribution in [3.63, 3.8) is 0 Å². The van der Waals surface area contributed by atoms with E-state index >= 15 is 4.39 Å². The third-order valence-electron chi connectivity index (χ3n) is 8.82. The zero-order valence-electron chi connectivity index (χ0n) is 24.9. The van der Waals surface area contributed by atoms with Crippen molar-refractivity contribution < 1.29 is 27.8 Å². The molecule has 2 aliphatic carbocycles. The van der Waals surface area contributed by atoms with E-state index in [0.29, 0.717) is 33.8 Å². The van der Waals surface area contributed by atoms with E-state index < -0.39 is 23.0 Å². The van der Waals surface area contributed by atoms with Crippen LogP contribution < -0.4 is 26.3 Å². The maximum absolute atomic E-state index is 15.2. The van der Waals surface area contributed by atoms with Crippen molar-refractivity contribution in [2.45, 2.75) is 56.9 Å². The molecule has 0 radical (unpaired) electrons. The number of nitrogens with zero attached hydrogens (tertiary/aromatic N) is 2. The van der Waals surface area contributed by atoms with E-state index in [2.05, 4.69) is 10.3 Å². The van der Waals surface area contributed by atoms with Crippen molar-refractivity contribution in [1.82, 2.24) is 10.3 Å². The van der Waals surface area contributed by atoms with Crippen molar-refractivity contribution in [3.05, 3.63) is 69.9 Å². The molecule has 0 unspecified atom stereocenters. The van der Waals surface area contributed by atoms with Crippen molar-refractivity contribution >= 4 is 23.7 Å². The molecule has 2 saturated carbocycles. The van der Waals surface area contributed by atoms with Crippen LogP contribution in [0.2, 0.25) is 0 Å². The summed E-state index contributed by atoms with van der Waals surface area (Å²) < 4.78 is 40.7. The lowest BCUT2D eigenvalue weighted by atomic mass is 9.82. The van der Waals surface area contributed by atoms with Crippen molar-refractivity contribution in [1.29, 1.82) is 0 Å². The van der Waals surface area contributed by atoms with Crippen LogP contribution in [0.25, 0.3) is 11.3 Å². The number of methoxy groups -OCH3 is 1. The summed E-state index contributed by atoms with van der Waals surface area (Å²) in [4.78, 5) is 35.4. The smallest absolute Gasteiger partial charge is 0.251 e. The van der Waals surface area contributed by atoms with Gasteiger partial charge in [0, 0.05) is 52.7 Å². The predicted octanol–water partition coefficient (Wildman–Crippen LogP) is 4.57. The number of hydrogen-bond donors (Lipinski definition) is 3. The monoisotopic (exact) mass is 603 g/mol. The van der Waals surface area contributed by atoms with Crippen LogP contribution in [0.5, 0.6) is 11.5 Å². The Morgan fingerprint density at radius 1 is 1.18 bits per heavy atom. The van der Waals surface area contributed by atoms with Crippen LogP contribution in [-0.2, 0) is 10.2 Å². The van der Waals surface area contributed by atoms with Gasteiger partial charge in [-0.25, -0.2) is 13.8 Å². The molecule has 6 rings (SSSR count). The Balaban J connectivity index is 1.35. The van der Waals surface area contributed by atoms with Gasteiger partial charge in [0.2, 0.25) is 5.91 Å². The summed E-state index contributed by atoms with van der Waals surface area (Å²) in [6.07, 6.45) is 5.59. The quantitative estimate of drug-likeness (QED) is 0.229. The van der Waals surface area contributed by atoms with Crippen LogP contribution >= 0.6 is 0 Å². The summed E-state index contributed by atoms with van der Waals surface area (Å²) in [6, 6.07) is 7.54. The number of aromatic nitrogens is 1. The number of nitrogens with one attached hydrogen (secondary N) is 1. The second-order valence-electron chi connectivity index (χ2n) is 12.2. The van der Waals surface area contributed by atoms with Crippen molar-refractivity contribution in [3.8, 4) is 22.8 Å². The number of halogens is 2. The predicted molar refractivity (Wildman–Crippen MR) is 162 cm³/mol. The molecule has 230 valence electrons. The molecule has 2 amide bonds. The number of benzene rings is 2. The fourth-order valence-electron chi connectivity index (χ4n) is 5.60. The van der Waals surface area contributed by atoms with E-state index in [1.165, 1.54) is 20.1 Å². The van der Waals surface area contributed by atoms with Crippen LogP contribution in [0.3, 0.4) is 0 Å². The highest BCUT2D eigenvalue weighted by Gasteiger charge is 2.45. The van der Waals surface area contributed by atoms with E-state index in [-0.39, 0.29) is 59.5 Å². The lowest BCUT2D eigenvalue weighted by Gasteiger charge is -2.22. The van der Waals surface area contributed by atoms with E-state index in [4.69, 9.17) is 25.9 Å². The second-order valence-corrected chi connectivity index (χ2v) is 12.2. The molecule has 1 aromatic heterocycles. The molecule has 3 aromatic rings. The summed E-state index contributed by atoms with van der Waals surface area (Å²) in [7, 11) is 1.49. The van der Waals surface area contributed by atoms with Crippen LogP contribution in [0.1, 0.15) is 71.3 Å². The zero-order valence-corrected chi connectivity index (χ0v) is 24.9. The Morgan fingerprint density at radius 3 is 2.59 bits per heavy atom. The number of aliphatic imine (C=N–C) groups is 1. The molecule has 1 aliphatic heterocycles. The van der Waals surface area contributed by atoms with Gasteiger partial charge in [0.15, 0.2) is 0 Å². The van der Waals surface area contributed by atoms with E-state index in [0.717, 1.165) is 31.7 Å². The summed E-state index contributed by atoms with van der Waals surface area (Å²) in [5.74, 6) is -1.83.